The Bertz CT molecular complexity index is 853. The minimum atomic E-state index is 0.252. The predicted octanol–water partition coefficient (Wildman–Crippen LogP) is 3.53. The largest absolute Gasteiger partial charge is 0.369 e. The number of rotatable bonds is 5. The number of hydrogen-bond donors (Lipinski definition) is 3. The Hall–Kier alpha value is -3.05. The second-order valence-electron chi connectivity index (χ2n) is 5.35. The summed E-state index contributed by atoms with van der Waals surface area (Å²) >= 11 is 5.97. The number of aliphatic imine (C=N–C) groups is 1. The number of hydrazone groups is 1. The zero-order chi connectivity index (χ0) is 17.5. The van der Waals surface area contributed by atoms with Crippen LogP contribution in [0.1, 0.15) is 16.8 Å². The highest BCUT2D eigenvalue weighted by Crippen LogP contribution is 2.13. The highest BCUT2D eigenvalue weighted by Gasteiger charge is 2.08. The van der Waals surface area contributed by atoms with Crippen molar-refractivity contribution in [1.82, 2.24) is 10.4 Å². The van der Waals surface area contributed by atoms with Gasteiger partial charge in [0.1, 0.15) is 5.71 Å². The number of aromatic amines is 1. The second kappa shape index (κ2) is 8.17. The quantitative estimate of drug-likeness (QED) is 0.373. The van der Waals surface area contributed by atoms with Crippen LogP contribution >= 0.6 is 11.6 Å². The minimum absolute atomic E-state index is 0.252. The highest BCUT2D eigenvalue weighted by atomic mass is 35.5. The van der Waals surface area contributed by atoms with Gasteiger partial charge in [-0.15, -0.1) is 0 Å². The van der Waals surface area contributed by atoms with Crippen molar-refractivity contribution in [1.29, 1.82) is 0 Å². The van der Waals surface area contributed by atoms with Gasteiger partial charge in [0.15, 0.2) is 0 Å². The van der Waals surface area contributed by atoms with Crippen molar-refractivity contribution in [2.45, 2.75) is 6.54 Å². The third-order valence-corrected chi connectivity index (χ3v) is 3.78. The molecule has 0 radical (unpaired) electrons. The van der Waals surface area contributed by atoms with E-state index in [0.717, 1.165) is 22.5 Å². The monoisotopic (exact) mass is 351 g/mol. The van der Waals surface area contributed by atoms with E-state index in [4.69, 9.17) is 17.3 Å². The van der Waals surface area contributed by atoms with Crippen LogP contribution in [-0.4, -0.2) is 16.7 Å². The Morgan fingerprint density at radius 3 is 2.44 bits per heavy atom. The first-order valence-corrected chi connectivity index (χ1v) is 8.17. The highest BCUT2D eigenvalue weighted by molar-refractivity contribution is 6.30. The van der Waals surface area contributed by atoms with E-state index in [0.29, 0.717) is 11.6 Å². The molecule has 0 aliphatic carbocycles. The van der Waals surface area contributed by atoms with Crippen LogP contribution in [0.25, 0.3) is 0 Å². The average molecular weight is 352 g/mol. The molecule has 1 heterocycles. The summed E-state index contributed by atoms with van der Waals surface area (Å²) in [4.78, 5) is 7.45. The standard InChI is InChI=1S/C19H18ClN5/c20-16-10-8-15(9-11-16)18(17-7-4-12-22-17)24-25-19(21)23-13-14-5-2-1-3-6-14/h1-12,22H,13H2,(H3,21,23,25). The Morgan fingerprint density at radius 1 is 1.00 bits per heavy atom. The fraction of sp³-hybridized carbons (Fsp3) is 0.0526. The van der Waals surface area contributed by atoms with E-state index in [1.165, 1.54) is 0 Å². The molecule has 4 N–H and O–H groups in total. The lowest BCUT2D eigenvalue weighted by atomic mass is 10.1. The van der Waals surface area contributed by atoms with Gasteiger partial charge < -0.3 is 10.7 Å². The third-order valence-electron chi connectivity index (χ3n) is 3.53. The summed E-state index contributed by atoms with van der Waals surface area (Å²) in [6, 6.07) is 21.2. The van der Waals surface area contributed by atoms with Gasteiger partial charge in [-0.2, -0.15) is 5.10 Å². The molecule has 25 heavy (non-hydrogen) atoms. The molecule has 0 saturated carbocycles. The van der Waals surface area contributed by atoms with Crippen molar-refractivity contribution in [3.63, 3.8) is 0 Å². The van der Waals surface area contributed by atoms with Crippen LogP contribution in [0.15, 0.2) is 83.0 Å². The summed E-state index contributed by atoms with van der Waals surface area (Å²) in [7, 11) is 0. The van der Waals surface area contributed by atoms with E-state index in [-0.39, 0.29) is 5.96 Å². The molecule has 0 bridgehead atoms. The number of aromatic nitrogens is 1. The lowest BCUT2D eigenvalue weighted by molar-refractivity contribution is 0.957. The van der Waals surface area contributed by atoms with E-state index in [9.17, 15) is 0 Å². The molecular weight excluding hydrogens is 334 g/mol. The van der Waals surface area contributed by atoms with E-state index in [1.807, 2.05) is 72.9 Å². The van der Waals surface area contributed by atoms with E-state index >= 15 is 0 Å². The van der Waals surface area contributed by atoms with E-state index in [2.05, 4.69) is 20.5 Å². The SMILES string of the molecule is NC(=NCc1ccccc1)NN=C(c1ccc(Cl)cc1)c1ccc[nH]1. The fourth-order valence-corrected chi connectivity index (χ4v) is 2.40. The summed E-state index contributed by atoms with van der Waals surface area (Å²) in [6.45, 7) is 0.494. The molecule has 126 valence electrons. The van der Waals surface area contributed by atoms with Crippen LogP contribution in [-0.2, 0) is 6.54 Å². The summed E-state index contributed by atoms with van der Waals surface area (Å²) in [5.74, 6) is 0.252. The first kappa shape index (κ1) is 16.8. The maximum absolute atomic E-state index is 5.97. The normalized spacial score (nSPS) is 12.2. The zero-order valence-electron chi connectivity index (χ0n) is 13.5. The number of guanidine groups is 1. The number of nitrogens with zero attached hydrogens (tertiary/aromatic N) is 2. The fourth-order valence-electron chi connectivity index (χ4n) is 2.27. The number of hydrogen-bond acceptors (Lipinski definition) is 2. The molecular formula is C19H18ClN5. The number of nitrogens with one attached hydrogen (secondary N) is 2. The molecule has 0 saturated heterocycles. The number of benzene rings is 2. The molecule has 6 heteroatoms. The molecule has 5 nitrogen and oxygen atoms in total. The summed E-state index contributed by atoms with van der Waals surface area (Å²) < 4.78 is 0. The van der Waals surface area contributed by atoms with Gasteiger partial charge in [-0.3, -0.25) is 0 Å². The van der Waals surface area contributed by atoms with Crippen molar-refractivity contribution in [2.75, 3.05) is 0 Å². The number of H-pyrrole nitrogens is 1. The van der Waals surface area contributed by atoms with Crippen LogP contribution in [0.2, 0.25) is 5.02 Å². The van der Waals surface area contributed by atoms with Crippen molar-refractivity contribution in [3.05, 3.63) is 94.8 Å². The van der Waals surface area contributed by atoms with Crippen LogP contribution in [0.4, 0.5) is 0 Å². The first-order chi connectivity index (χ1) is 12.2. The van der Waals surface area contributed by atoms with Crippen LogP contribution < -0.4 is 11.2 Å². The van der Waals surface area contributed by atoms with Crippen molar-refractivity contribution < 1.29 is 0 Å². The molecule has 0 spiro atoms. The van der Waals surface area contributed by atoms with Gasteiger partial charge in [0, 0.05) is 16.8 Å². The van der Waals surface area contributed by atoms with Gasteiger partial charge in [0.05, 0.1) is 12.2 Å². The predicted molar refractivity (Wildman–Crippen MR) is 103 cm³/mol. The number of halogens is 1. The Kier molecular flexibility index (Phi) is 5.49. The Balaban J connectivity index is 1.78. The molecule has 0 unspecified atom stereocenters. The maximum Gasteiger partial charge on any atom is 0.209 e. The minimum Gasteiger partial charge on any atom is -0.369 e. The van der Waals surface area contributed by atoms with Gasteiger partial charge in [-0.1, -0.05) is 54.1 Å². The number of nitrogens with two attached hydrogens (primary N) is 1. The Labute approximate surface area is 151 Å². The van der Waals surface area contributed by atoms with Gasteiger partial charge in [0.2, 0.25) is 5.96 Å². The molecule has 0 aliphatic heterocycles. The lowest BCUT2D eigenvalue weighted by Gasteiger charge is -2.07. The van der Waals surface area contributed by atoms with Gasteiger partial charge in [0.25, 0.3) is 0 Å². The summed E-state index contributed by atoms with van der Waals surface area (Å²) in [5.41, 5.74) is 12.3. The zero-order valence-corrected chi connectivity index (χ0v) is 14.2. The van der Waals surface area contributed by atoms with Gasteiger partial charge in [-0.25, -0.2) is 10.4 Å². The lowest BCUT2D eigenvalue weighted by Crippen LogP contribution is -2.29. The van der Waals surface area contributed by atoms with E-state index < -0.39 is 0 Å². The van der Waals surface area contributed by atoms with E-state index in [1.54, 1.807) is 0 Å². The van der Waals surface area contributed by atoms with Crippen molar-refractivity contribution >= 4 is 23.3 Å². The van der Waals surface area contributed by atoms with Gasteiger partial charge in [-0.05, 0) is 29.8 Å². The molecule has 1 aromatic heterocycles. The summed E-state index contributed by atoms with van der Waals surface area (Å²) in [5, 5.41) is 5.09. The molecule has 0 fully saturated rings. The first-order valence-electron chi connectivity index (χ1n) is 7.79. The third kappa shape index (κ3) is 4.71. The van der Waals surface area contributed by atoms with Crippen molar-refractivity contribution in [3.8, 4) is 0 Å². The molecule has 3 aromatic rings. The topological polar surface area (TPSA) is 78.6 Å². The molecule has 2 aromatic carbocycles. The molecule has 0 amide bonds. The second-order valence-corrected chi connectivity index (χ2v) is 5.79. The van der Waals surface area contributed by atoms with Crippen LogP contribution in [0, 0.1) is 0 Å². The van der Waals surface area contributed by atoms with Crippen molar-refractivity contribution in [2.24, 2.45) is 15.8 Å². The molecule has 3 rings (SSSR count). The molecule has 0 atom stereocenters. The Morgan fingerprint density at radius 2 is 1.76 bits per heavy atom. The molecule has 0 aliphatic rings. The smallest absolute Gasteiger partial charge is 0.209 e. The summed E-state index contributed by atoms with van der Waals surface area (Å²) in [6.07, 6.45) is 1.84. The van der Waals surface area contributed by atoms with Gasteiger partial charge >= 0.3 is 0 Å². The maximum atomic E-state index is 5.97. The average Bonchev–Trinajstić information content (AvgIpc) is 3.17. The van der Waals surface area contributed by atoms with Crippen LogP contribution in [0.3, 0.4) is 0 Å². The van der Waals surface area contributed by atoms with Crippen LogP contribution in [0.5, 0.6) is 0 Å².